The lowest BCUT2D eigenvalue weighted by atomic mass is 10.1. The highest BCUT2D eigenvalue weighted by Crippen LogP contribution is 2.34. The van der Waals surface area contributed by atoms with Gasteiger partial charge in [-0.05, 0) is 49.4 Å². The summed E-state index contributed by atoms with van der Waals surface area (Å²) < 4.78 is 4.86. The van der Waals surface area contributed by atoms with Gasteiger partial charge in [-0.15, -0.1) is 0 Å². The van der Waals surface area contributed by atoms with Gasteiger partial charge in [-0.2, -0.15) is 0 Å². The maximum atomic E-state index is 12.3. The standard InChI is InChI=1S/C21H20ClNO6S/c1-3-19(25)29-23-13(2)20(26)14-4-7-16(8-5-14)30-18-9-6-15(12-17(18)22)21(27)28-11-10-24/h4-9,12,24H,3,10-11H2,1-2H3/b23-13+. The molecule has 0 spiro atoms. The maximum absolute atomic E-state index is 12.3. The number of hydrogen-bond acceptors (Lipinski definition) is 8. The average molecular weight is 450 g/mol. The van der Waals surface area contributed by atoms with Gasteiger partial charge in [-0.3, -0.25) is 4.79 Å². The molecule has 9 heteroatoms. The fourth-order valence-electron chi connectivity index (χ4n) is 2.17. The Labute approximate surface area is 183 Å². The number of carbonyl (C=O) groups is 3. The summed E-state index contributed by atoms with van der Waals surface area (Å²) in [6, 6.07) is 11.6. The molecule has 0 heterocycles. The number of carbonyl (C=O) groups excluding carboxylic acids is 3. The Kier molecular flexibility index (Phi) is 9.04. The van der Waals surface area contributed by atoms with Gasteiger partial charge in [0.2, 0.25) is 5.78 Å². The summed E-state index contributed by atoms with van der Waals surface area (Å²) in [7, 11) is 0. The van der Waals surface area contributed by atoms with Crippen LogP contribution < -0.4 is 0 Å². The Morgan fingerprint density at radius 1 is 1.10 bits per heavy atom. The molecule has 2 aromatic carbocycles. The first-order valence-corrected chi connectivity index (χ1v) is 10.2. The molecule has 0 amide bonds. The SMILES string of the molecule is CCC(=O)O/N=C(\C)C(=O)c1ccc(Sc2ccc(C(=O)OCCO)cc2Cl)cc1. The maximum Gasteiger partial charge on any atom is 0.338 e. The van der Waals surface area contributed by atoms with E-state index in [1.807, 2.05) is 0 Å². The van der Waals surface area contributed by atoms with Crippen LogP contribution in [0.25, 0.3) is 0 Å². The number of ketones is 1. The first-order chi connectivity index (χ1) is 14.3. The number of nitrogens with zero attached hydrogens (tertiary/aromatic N) is 1. The average Bonchev–Trinajstić information content (AvgIpc) is 2.76. The van der Waals surface area contributed by atoms with Crippen LogP contribution >= 0.6 is 23.4 Å². The molecule has 7 nitrogen and oxygen atoms in total. The molecule has 158 valence electrons. The smallest absolute Gasteiger partial charge is 0.338 e. The number of rotatable bonds is 9. The minimum atomic E-state index is -0.563. The van der Waals surface area contributed by atoms with Crippen molar-refractivity contribution in [1.29, 1.82) is 0 Å². The zero-order valence-electron chi connectivity index (χ0n) is 16.4. The largest absolute Gasteiger partial charge is 0.460 e. The van der Waals surface area contributed by atoms with Crippen LogP contribution in [0.15, 0.2) is 57.4 Å². The molecule has 2 rings (SSSR count). The van der Waals surface area contributed by atoms with Gasteiger partial charge >= 0.3 is 11.9 Å². The zero-order valence-corrected chi connectivity index (χ0v) is 18.0. The molecule has 0 fully saturated rings. The summed E-state index contributed by atoms with van der Waals surface area (Å²) in [6.07, 6.45) is 0.171. The van der Waals surface area contributed by atoms with Gasteiger partial charge in [0, 0.05) is 21.8 Å². The summed E-state index contributed by atoms with van der Waals surface area (Å²) in [5.74, 6) is -1.43. The van der Waals surface area contributed by atoms with Gasteiger partial charge < -0.3 is 14.7 Å². The minimum absolute atomic E-state index is 0.0731. The van der Waals surface area contributed by atoms with E-state index in [1.54, 1.807) is 43.3 Å². The molecule has 0 aliphatic heterocycles. The monoisotopic (exact) mass is 449 g/mol. The number of Topliss-reactive ketones (excluding diaryl/α,β-unsaturated/α-hetero) is 1. The van der Waals surface area contributed by atoms with Crippen LogP contribution in [-0.4, -0.2) is 41.8 Å². The molecule has 2 aromatic rings. The van der Waals surface area contributed by atoms with Crippen molar-refractivity contribution >= 4 is 46.8 Å². The lowest BCUT2D eigenvalue weighted by Crippen LogP contribution is -2.12. The van der Waals surface area contributed by atoms with Crippen molar-refractivity contribution in [1.82, 2.24) is 0 Å². The first kappa shape index (κ1) is 23.6. The Hall–Kier alpha value is -2.68. The predicted octanol–water partition coefficient (Wildman–Crippen LogP) is 4.15. The summed E-state index contributed by atoms with van der Waals surface area (Å²) in [4.78, 5) is 41.5. The van der Waals surface area contributed by atoms with Crippen molar-refractivity contribution < 1.29 is 29.1 Å². The normalized spacial score (nSPS) is 11.1. The predicted molar refractivity (Wildman–Crippen MR) is 113 cm³/mol. The Balaban J connectivity index is 2.06. The number of aliphatic hydroxyl groups excluding tert-OH is 1. The first-order valence-electron chi connectivity index (χ1n) is 9.00. The third-order valence-corrected chi connectivity index (χ3v) is 5.25. The lowest BCUT2D eigenvalue weighted by molar-refractivity contribution is -0.143. The Bertz CT molecular complexity index is 958. The van der Waals surface area contributed by atoms with E-state index in [2.05, 4.69) is 9.99 Å². The molecule has 0 saturated carbocycles. The van der Waals surface area contributed by atoms with Crippen LogP contribution in [0.1, 0.15) is 41.0 Å². The summed E-state index contributed by atoms with van der Waals surface area (Å²) >= 11 is 7.63. The van der Waals surface area contributed by atoms with Gasteiger partial charge in [-0.1, -0.05) is 35.4 Å². The van der Waals surface area contributed by atoms with Crippen molar-refractivity contribution in [2.24, 2.45) is 5.16 Å². The van der Waals surface area contributed by atoms with Gasteiger partial charge in [0.05, 0.1) is 17.2 Å². The van der Waals surface area contributed by atoms with Gasteiger partial charge in [0.25, 0.3) is 0 Å². The molecule has 0 unspecified atom stereocenters. The second-order valence-corrected chi connectivity index (χ2v) is 7.48. The van der Waals surface area contributed by atoms with E-state index in [-0.39, 0.29) is 36.7 Å². The minimum Gasteiger partial charge on any atom is -0.460 e. The van der Waals surface area contributed by atoms with Crippen molar-refractivity contribution in [3.8, 4) is 0 Å². The molecule has 1 N–H and O–H groups in total. The molecule has 0 atom stereocenters. The van der Waals surface area contributed by atoms with Crippen LogP contribution in [0, 0.1) is 0 Å². The zero-order chi connectivity index (χ0) is 22.1. The van der Waals surface area contributed by atoms with Crippen LogP contribution in [-0.2, 0) is 14.4 Å². The number of oxime groups is 1. The van der Waals surface area contributed by atoms with Gasteiger partial charge in [0.15, 0.2) is 0 Å². The molecule has 0 saturated heterocycles. The molecular weight excluding hydrogens is 430 g/mol. The Morgan fingerprint density at radius 3 is 2.37 bits per heavy atom. The van der Waals surface area contributed by atoms with Crippen LogP contribution in [0.5, 0.6) is 0 Å². The number of halogens is 1. The second kappa shape index (κ2) is 11.5. The number of benzene rings is 2. The van der Waals surface area contributed by atoms with E-state index in [4.69, 9.17) is 21.4 Å². The highest BCUT2D eigenvalue weighted by molar-refractivity contribution is 7.99. The highest BCUT2D eigenvalue weighted by Gasteiger charge is 2.13. The molecule has 30 heavy (non-hydrogen) atoms. The van der Waals surface area contributed by atoms with Crippen LogP contribution in [0.4, 0.5) is 0 Å². The van der Waals surface area contributed by atoms with Crippen molar-refractivity contribution in [2.75, 3.05) is 13.2 Å². The van der Waals surface area contributed by atoms with Gasteiger partial charge in [0.1, 0.15) is 12.3 Å². The van der Waals surface area contributed by atoms with Crippen molar-refractivity contribution in [3.63, 3.8) is 0 Å². The van der Waals surface area contributed by atoms with E-state index in [9.17, 15) is 14.4 Å². The molecular formula is C21H20ClNO6S. The number of aliphatic hydroxyl groups is 1. The van der Waals surface area contributed by atoms with Gasteiger partial charge in [-0.25, -0.2) is 9.59 Å². The Morgan fingerprint density at radius 2 is 1.77 bits per heavy atom. The third-order valence-electron chi connectivity index (χ3n) is 3.74. The van der Waals surface area contributed by atoms with Crippen LogP contribution in [0.3, 0.4) is 0 Å². The third kappa shape index (κ3) is 6.69. The van der Waals surface area contributed by atoms with E-state index in [0.29, 0.717) is 10.6 Å². The quantitative estimate of drug-likeness (QED) is 0.201. The van der Waals surface area contributed by atoms with Crippen molar-refractivity contribution in [2.45, 2.75) is 30.1 Å². The fourth-order valence-corrected chi connectivity index (χ4v) is 3.28. The summed E-state index contributed by atoms with van der Waals surface area (Å²) in [5, 5.41) is 12.6. The summed E-state index contributed by atoms with van der Waals surface area (Å²) in [5.41, 5.74) is 0.766. The second-order valence-electron chi connectivity index (χ2n) is 5.95. The number of ether oxygens (including phenoxy) is 1. The van der Waals surface area contributed by atoms with E-state index in [0.717, 1.165) is 9.79 Å². The van der Waals surface area contributed by atoms with E-state index in [1.165, 1.54) is 24.8 Å². The van der Waals surface area contributed by atoms with E-state index >= 15 is 0 Å². The molecule has 0 bridgehead atoms. The van der Waals surface area contributed by atoms with Crippen LogP contribution in [0.2, 0.25) is 5.02 Å². The molecule has 0 aliphatic rings. The number of hydrogen-bond donors (Lipinski definition) is 1. The summed E-state index contributed by atoms with van der Waals surface area (Å²) in [6.45, 7) is 2.78. The molecule has 0 radical (unpaired) electrons. The molecule has 0 aromatic heterocycles. The lowest BCUT2D eigenvalue weighted by Gasteiger charge is -2.08. The molecule has 0 aliphatic carbocycles. The van der Waals surface area contributed by atoms with Crippen molar-refractivity contribution in [3.05, 3.63) is 58.6 Å². The highest BCUT2D eigenvalue weighted by atomic mass is 35.5. The topological polar surface area (TPSA) is 102 Å². The number of esters is 1. The fraction of sp³-hybridized carbons (Fsp3) is 0.238. The van der Waals surface area contributed by atoms with E-state index < -0.39 is 11.9 Å².